The number of ether oxygens (including phenoxy) is 1. The van der Waals surface area contributed by atoms with E-state index >= 15 is 0 Å². The number of hydrogen-bond acceptors (Lipinski definition) is 5. The van der Waals surface area contributed by atoms with E-state index in [9.17, 15) is 18.0 Å². The van der Waals surface area contributed by atoms with E-state index in [4.69, 9.17) is 10.5 Å². The predicted octanol–water partition coefficient (Wildman–Crippen LogP) is 1.17. The monoisotopic (exact) mass is 276 g/mol. The topological polar surface area (TPSA) is 81.3 Å². The van der Waals surface area contributed by atoms with Gasteiger partial charge in [0.2, 0.25) is 5.82 Å². The first-order chi connectivity index (χ1) is 8.86. The minimum Gasteiger partial charge on any atom is -0.444 e. The second-order valence-corrected chi connectivity index (χ2v) is 4.06. The number of amides is 1. The maximum Gasteiger partial charge on any atom is 0.451 e. The number of hydrogen-bond donors (Lipinski definition) is 1. The molecular weight excluding hydrogens is 265 g/mol. The van der Waals surface area contributed by atoms with Crippen molar-refractivity contribution in [2.75, 3.05) is 18.0 Å². The maximum absolute atomic E-state index is 12.3. The van der Waals surface area contributed by atoms with E-state index in [2.05, 4.69) is 9.97 Å². The molecule has 0 spiro atoms. The van der Waals surface area contributed by atoms with Gasteiger partial charge in [0.1, 0.15) is 6.10 Å². The van der Waals surface area contributed by atoms with E-state index in [1.807, 2.05) is 0 Å². The fourth-order valence-electron chi connectivity index (χ4n) is 1.85. The van der Waals surface area contributed by atoms with Gasteiger partial charge in [-0.3, -0.25) is 0 Å². The number of rotatable bonds is 2. The molecule has 19 heavy (non-hydrogen) atoms. The quantitative estimate of drug-likeness (QED) is 0.876. The van der Waals surface area contributed by atoms with E-state index in [1.54, 1.807) is 4.90 Å². The van der Waals surface area contributed by atoms with Crippen LogP contribution in [0.5, 0.6) is 0 Å². The third-order valence-corrected chi connectivity index (χ3v) is 2.68. The van der Waals surface area contributed by atoms with Gasteiger partial charge in [-0.05, 0) is 0 Å². The smallest absolute Gasteiger partial charge is 0.444 e. The van der Waals surface area contributed by atoms with Gasteiger partial charge in [-0.1, -0.05) is 0 Å². The summed E-state index contributed by atoms with van der Waals surface area (Å²) in [6.07, 6.45) is -3.02. The van der Waals surface area contributed by atoms with Gasteiger partial charge in [0.25, 0.3) is 0 Å². The Labute approximate surface area is 106 Å². The zero-order valence-corrected chi connectivity index (χ0v) is 9.72. The van der Waals surface area contributed by atoms with Crippen molar-refractivity contribution in [3.8, 4) is 0 Å². The first-order valence-corrected chi connectivity index (χ1v) is 5.46. The Morgan fingerprint density at radius 3 is 2.58 bits per heavy atom. The normalized spacial score (nSPS) is 19.5. The van der Waals surface area contributed by atoms with Crippen molar-refractivity contribution in [1.29, 1.82) is 0 Å². The molecule has 0 aliphatic carbocycles. The van der Waals surface area contributed by atoms with Gasteiger partial charge in [-0.2, -0.15) is 13.2 Å². The van der Waals surface area contributed by atoms with E-state index < -0.39 is 18.1 Å². The van der Waals surface area contributed by atoms with Gasteiger partial charge in [0, 0.05) is 13.0 Å². The number of halogens is 3. The lowest BCUT2D eigenvalue weighted by molar-refractivity contribution is -0.144. The van der Waals surface area contributed by atoms with Gasteiger partial charge in [0.05, 0.1) is 24.6 Å². The highest BCUT2D eigenvalue weighted by atomic mass is 19.4. The van der Waals surface area contributed by atoms with Crippen molar-refractivity contribution in [2.24, 2.45) is 5.73 Å². The standard InChI is InChI=1S/C10H11F3N4O2/c11-10(12,13)8-15-3-6(4-16-8)17-2-1-7(5-17)19-9(14)18/h3-4,7H,1-2,5H2,(H2,14,18)/t7-/m1/s1. The predicted molar refractivity (Wildman–Crippen MR) is 58.3 cm³/mol. The molecule has 1 atom stereocenters. The summed E-state index contributed by atoms with van der Waals surface area (Å²) in [7, 11) is 0. The van der Waals surface area contributed by atoms with Crippen LogP contribution in [0, 0.1) is 0 Å². The molecular formula is C10H11F3N4O2. The van der Waals surface area contributed by atoms with Crippen molar-refractivity contribution < 1.29 is 22.7 Å². The highest BCUT2D eigenvalue weighted by molar-refractivity contribution is 5.65. The Hall–Kier alpha value is -2.06. The molecule has 2 rings (SSSR count). The molecule has 1 aromatic heterocycles. The van der Waals surface area contributed by atoms with Crippen LogP contribution in [0.15, 0.2) is 12.4 Å². The second-order valence-electron chi connectivity index (χ2n) is 4.06. The molecule has 0 unspecified atom stereocenters. The van der Waals surface area contributed by atoms with E-state index in [0.29, 0.717) is 25.2 Å². The number of nitrogens with zero attached hydrogens (tertiary/aromatic N) is 3. The molecule has 6 nitrogen and oxygen atoms in total. The van der Waals surface area contributed by atoms with Crippen molar-refractivity contribution >= 4 is 11.8 Å². The molecule has 2 N–H and O–H groups in total. The maximum atomic E-state index is 12.3. The van der Waals surface area contributed by atoms with Crippen molar-refractivity contribution in [3.63, 3.8) is 0 Å². The number of carbonyl (C=O) groups is 1. The minimum atomic E-state index is -4.55. The van der Waals surface area contributed by atoms with Crippen LogP contribution in [0.1, 0.15) is 12.2 Å². The van der Waals surface area contributed by atoms with Gasteiger partial charge in [-0.25, -0.2) is 14.8 Å². The fourth-order valence-corrected chi connectivity index (χ4v) is 1.85. The SMILES string of the molecule is NC(=O)O[C@@H]1CCN(c2cnc(C(F)(F)F)nc2)C1. The number of nitrogens with two attached hydrogens (primary N) is 1. The average molecular weight is 276 g/mol. The molecule has 1 fully saturated rings. The zero-order valence-electron chi connectivity index (χ0n) is 9.72. The molecule has 0 saturated carbocycles. The van der Waals surface area contributed by atoms with Crippen LogP contribution in [-0.2, 0) is 10.9 Å². The highest BCUT2D eigenvalue weighted by Crippen LogP contribution is 2.27. The number of aromatic nitrogens is 2. The summed E-state index contributed by atoms with van der Waals surface area (Å²) in [4.78, 5) is 18.9. The van der Waals surface area contributed by atoms with Gasteiger partial charge in [-0.15, -0.1) is 0 Å². The molecule has 1 aliphatic heterocycles. The van der Waals surface area contributed by atoms with Crippen LogP contribution in [0.25, 0.3) is 0 Å². The largest absolute Gasteiger partial charge is 0.451 e. The van der Waals surface area contributed by atoms with Crippen LogP contribution < -0.4 is 10.6 Å². The molecule has 9 heteroatoms. The van der Waals surface area contributed by atoms with Gasteiger partial charge < -0.3 is 15.4 Å². The minimum absolute atomic E-state index is 0.359. The molecule has 0 bridgehead atoms. The summed E-state index contributed by atoms with van der Waals surface area (Å²) >= 11 is 0. The Bertz CT molecular complexity index is 463. The van der Waals surface area contributed by atoms with Gasteiger partial charge in [0.15, 0.2) is 0 Å². The molecule has 1 amide bonds. The van der Waals surface area contributed by atoms with Crippen LogP contribution in [-0.4, -0.2) is 35.3 Å². The van der Waals surface area contributed by atoms with E-state index in [1.165, 1.54) is 0 Å². The molecule has 1 saturated heterocycles. The summed E-state index contributed by atoms with van der Waals surface area (Å²) in [5.74, 6) is -1.18. The molecule has 2 heterocycles. The van der Waals surface area contributed by atoms with Crippen molar-refractivity contribution in [1.82, 2.24) is 9.97 Å². The van der Waals surface area contributed by atoms with Crippen LogP contribution in [0.4, 0.5) is 23.7 Å². The summed E-state index contributed by atoms with van der Waals surface area (Å²) in [6.45, 7) is 0.893. The van der Waals surface area contributed by atoms with Crippen LogP contribution >= 0.6 is 0 Å². The fraction of sp³-hybridized carbons (Fsp3) is 0.500. The van der Waals surface area contributed by atoms with Crippen LogP contribution in [0.2, 0.25) is 0 Å². The molecule has 104 valence electrons. The van der Waals surface area contributed by atoms with Crippen molar-refractivity contribution in [2.45, 2.75) is 18.7 Å². The number of anilines is 1. The first-order valence-electron chi connectivity index (χ1n) is 5.46. The van der Waals surface area contributed by atoms with E-state index in [0.717, 1.165) is 12.4 Å². The van der Waals surface area contributed by atoms with E-state index in [-0.39, 0.29) is 6.10 Å². The molecule has 1 aromatic rings. The lowest BCUT2D eigenvalue weighted by Gasteiger charge is -2.17. The number of primary amides is 1. The Morgan fingerprint density at radius 1 is 1.42 bits per heavy atom. The Balaban J connectivity index is 2.02. The highest BCUT2D eigenvalue weighted by Gasteiger charge is 2.34. The van der Waals surface area contributed by atoms with Gasteiger partial charge >= 0.3 is 12.3 Å². The Kier molecular flexibility index (Phi) is 3.45. The summed E-state index contributed by atoms with van der Waals surface area (Å²) in [6, 6.07) is 0. The summed E-state index contributed by atoms with van der Waals surface area (Å²) in [5, 5.41) is 0. The molecule has 0 radical (unpaired) electrons. The van der Waals surface area contributed by atoms with Crippen LogP contribution in [0.3, 0.4) is 0 Å². The third-order valence-electron chi connectivity index (χ3n) is 2.68. The summed E-state index contributed by atoms with van der Waals surface area (Å²) in [5.41, 5.74) is 5.34. The zero-order chi connectivity index (χ0) is 14.0. The molecule has 1 aliphatic rings. The van der Waals surface area contributed by atoms with Crippen molar-refractivity contribution in [3.05, 3.63) is 18.2 Å². The molecule has 0 aromatic carbocycles. The number of carbonyl (C=O) groups excluding carboxylic acids is 1. The number of alkyl halides is 3. The lowest BCUT2D eigenvalue weighted by atomic mass is 10.3. The second kappa shape index (κ2) is 4.90. The average Bonchev–Trinajstić information content (AvgIpc) is 2.75. The third kappa shape index (κ3) is 3.24. The first kappa shape index (κ1) is 13.4. The Morgan fingerprint density at radius 2 is 2.05 bits per heavy atom. The lowest BCUT2D eigenvalue weighted by Crippen LogP contribution is -2.27. The summed E-state index contributed by atoms with van der Waals surface area (Å²) < 4.78 is 41.7.